The normalized spacial score (nSPS) is 13.7. The van der Waals surface area contributed by atoms with E-state index in [-0.39, 0.29) is 11.8 Å². The van der Waals surface area contributed by atoms with E-state index in [9.17, 15) is 9.59 Å². The summed E-state index contributed by atoms with van der Waals surface area (Å²) in [6.07, 6.45) is 1.45. The molecule has 7 heteroatoms. The molecule has 0 saturated carbocycles. The second-order valence-electron chi connectivity index (χ2n) is 5.84. The van der Waals surface area contributed by atoms with Gasteiger partial charge in [0, 0.05) is 29.9 Å². The molecule has 1 aliphatic heterocycles. The number of anilines is 2. The molecule has 0 aliphatic carbocycles. The van der Waals surface area contributed by atoms with Crippen LogP contribution in [0.4, 0.5) is 11.4 Å². The average molecular weight is 375 g/mol. The standard InChI is InChI=1S/C19H19ClN2O4/c1-25-16-11-12(10-15(20)18(16)26-2)19(24)21-13-5-7-14(8-6-13)22-9-3-4-17(22)23/h5-8,10-11H,3-4,9H2,1-2H3,(H,21,24). The van der Waals surface area contributed by atoms with E-state index >= 15 is 0 Å². The van der Waals surface area contributed by atoms with Gasteiger partial charge >= 0.3 is 0 Å². The maximum atomic E-state index is 12.5. The van der Waals surface area contributed by atoms with Crippen molar-refractivity contribution in [2.75, 3.05) is 31.0 Å². The number of rotatable bonds is 5. The first-order chi connectivity index (χ1) is 12.5. The fraction of sp³-hybridized carbons (Fsp3) is 0.263. The monoisotopic (exact) mass is 374 g/mol. The van der Waals surface area contributed by atoms with Crippen molar-refractivity contribution in [3.8, 4) is 11.5 Å². The van der Waals surface area contributed by atoms with E-state index in [4.69, 9.17) is 21.1 Å². The molecular weight excluding hydrogens is 356 g/mol. The topological polar surface area (TPSA) is 67.9 Å². The van der Waals surface area contributed by atoms with Crippen molar-refractivity contribution in [3.63, 3.8) is 0 Å². The molecule has 0 aromatic heterocycles. The summed E-state index contributed by atoms with van der Waals surface area (Å²) < 4.78 is 10.4. The van der Waals surface area contributed by atoms with Gasteiger partial charge in [-0.3, -0.25) is 9.59 Å². The van der Waals surface area contributed by atoms with Crippen LogP contribution in [0.1, 0.15) is 23.2 Å². The average Bonchev–Trinajstić information content (AvgIpc) is 3.07. The van der Waals surface area contributed by atoms with Crippen LogP contribution in [0.3, 0.4) is 0 Å². The number of benzene rings is 2. The predicted molar refractivity (Wildman–Crippen MR) is 101 cm³/mol. The fourth-order valence-corrected chi connectivity index (χ4v) is 3.19. The SMILES string of the molecule is COc1cc(C(=O)Nc2ccc(N3CCCC3=O)cc2)cc(Cl)c1OC. The van der Waals surface area contributed by atoms with Crippen LogP contribution in [0.15, 0.2) is 36.4 Å². The molecule has 0 radical (unpaired) electrons. The fourth-order valence-electron chi connectivity index (χ4n) is 2.90. The quantitative estimate of drug-likeness (QED) is 0.865. The van der Waals surface area contributed by atoms with Gasteiger partial charge in [0.25, 0.3) is 5.91 Å². The Balaban J connectivity index is 1.76. The van der Waals surface area contributed by atoms with E-state index in [1.165, 1.54) is 20.3 Å². The Morgan fingerprint density at radius 1 is 1.15 bits per heavy atom. The highest BCUT2D eigenvalue weighted by Gasteiger charge is 2.21. The summed E-state index contributed by atoms with van der Waals surface area (Å²) in [4.78, 5) is 26.0. The molecule has 2 amide bonds. The van der Waals surface area contributed by atoms with Crippen LogP contribution < -0.4 is 19.7 Å². The number of carbonyl (C=O) groups excluding carboxylic acids is 2. The van der Waals surface area contributed by atoms with Crippen LogP contribution in [-0.4, -0.2) is 32.6 Å². The van der Waals surface area contributed by atoms with Crippen molar-refractivity contribution in [1.29, 1.82) is 0 Å². The molecule has 0 unspecified atom stereocenters. The van der Waals surface area contributed by atoms with Crippen molar-refractivity contribution < 1.29 is 19.1 Å². The third-order valence-electron chi connectivity index (χ3n) is 4.21. The van der Waals surface area contributed by atoms with Crippen LogP contribution in [0, 0.1) is 0 Å². The van der Waals surface area contributed by atoms with Gasteiger partial charge in [0.1, 0.15) is 0 Å². The maximum absolute atomic E-state index is 12.5. The molecule has 2 aromatic rings. The van der Waals surface area contributed by atoms with Crippen LogP contribution in [0.25, 0.3) is 0 Å². The minimum Gasteiger partial charge on any atom is -0.493 e. The minimum atomic E-state index is -0.321. The number of amides is 2. The molecule has 6 nitrogen and oxygen atoms in total. The van der Waals surface area contributed by atoms with Gasteiger partial charge in [-0.15, -0.1) is 0 Å². The maximum Gasteiger partial charge on any atom is 0.255 e. The molecule has 1 aliphatic rings. The number of carbonyl (C=O) groups is 2. The Morgan fingerprint density at radius 3 is 2.46 bits per heavy atom. The van der Waals surface area contributed by atoms with Gasteiger partial charge < -0.3 is 19.7 Å². The first kappa shape index (κ1) is 18.1. The molecule has 136 valence electrons. The van der Waals surface area contributed by atoms with Gasteiger partial charge in [-0.2, -0.15) is 0 Å². The zero-order valence-corrected chi connectivity index (χ0v) is 15.3. The molecule has 0 atom stereocenters. The zero-order chi connectivity index (χ0) is 18.7. The van der Waals surface area contributed by atoms with Crippen molar-refractivity contribution in [2.45, 2.75) is 12.8 Å². The Kier molecular flexibility index (Phi) is 5.32. The number of hydrogen-bond donors (Lipinski definition) is 1. The van der Waals surface area contributed by atoms with Crippen LogP contribution in [-0.2, 0) is 4.79 Å². The van der Waals surface area contributed by atoms with Crippen LogP contribution in [0.2, 0.25) is 5.02 Å². The number of nitrogens with zero attached hydrogens (tertiary/aromatic N) is 1. The molecule has 0 spiro atoms. The molecule has 26 heavy (non-hydrogen) atoms. The predicted octanol–water partition coefficient (Wildman–Crippen LogP) is 3.74. The van der Waals surface area contributed by atoms with Gasteiger partial charge in [-0.1, -0.05) is 11.6 Å². The second-order valence-corrected chi connectivity index (χ2v) is 6.25. The third-order valence-corrected chi connectivity index (χ3v) is 4.49. The van der Waals surface area contributed by atoms with Gasteiger partial charge in [-0.25, -0.2) is 0 Å². The van der Waals surface area contributed by atoms with Gasteiger partial charge in [0.05, 0.1) is 19.2 Å². The van der Waals surface area contributed by atoms with Crippen LogP contribution in [0.5, 0.6) is 11.5 Å². The minimum absolute atomic E-state index is 0.127. The molecular formula is C19H19ClN2O4. The zero-order valence-electron chi connectivity index (χ0n) is 14.5. The molecule has 1 saturated heterocycles. The van der Waals surface area contributed by atoms with Crippen molar-refractivity contribution in [3.05, 3.63) is 47.0 Å². The summed E-state index contributed by atoms with van der Waals surface area (Å²) in [5.74, 6) is 0.568. The number of halogens is 1. The Labute approximate surface area is 156 Å². The summed E-state index contributed by atoms with van der Waals surface area (Å²) in [5, 5.41) is 3.10. The van der Waals surface area contributed by atoms with E-state index in [1.54, 1.807) is 23.1 Å². The van der Waals surface area contributed by atoms with E-state index in [0.29, 0.717) is 34.2 Å². The molecule has 1 N–H and O–H groups in total. The summed E-state index contributed by atoms with van der Waals surface area (Å²) >= 11 is 6.15. The van der Waals surface area contributed by atoms with Gasteiger partial charge in [0.15, 0.2) is 11.5 Å². The lowest BCUT2D eigenvalue weighted by atomic mass is 10.1. The lowest BCUT2D eigenvalue weighted by Crippen LogP contribution is -2.23. The highest BCUT2D eigenvalue weighted by atomic mass is 35.5. The van der Waals surface area contributed by atoms with Crippen molar-refractivity contribution >= 4 is 34.8 Å². The first-order valence-corrected chi connectivity index (χ1v) is 8.54. The molecule has 3 rings (SSSR count). The number of nitrogens with one attached hydrogen (secondary N) is 1. The summed E-state index contributed by atoms with van der Waals surface area (Å²) in [7, 11) is 2.96. The molecule has 0 bridgehead atoms. The third kappa shape index (κ3) is 3.60. The smallest absolute Gasteiger partial charge is 0.255 e. The highest BCUT2D eigenvalue weighted by Crippen LogP contribution is 2.36. The van der Waals surface area contributed by atoms with E-state index in [1.807, 2.05) is 12.1 Å². The number of methoxy groups -OCH3 is 2. The lowest BCUT2D eigenvalue weighted by molar-refractivity contribution is -0.117. The molecule has 1 heterocycles. The van der Waals surface area contributed by atoms with Crippen LogP contribution >= 0.6 is 11.6 Å². The van der Waals surface area contributed by atoms with E-state index in [0.717, 1.165) is 18.7 Å². The molecule has 2 aromatic carbocycles. The van der Waals surface area contributed by atoms with E-state index < -0.39 is 0 Å². The molecule has 1 fully saturated rings. The van der Waals surface area contributed by atoms with Crippen molar-refractivity contribution in [2.24, 2.45) is 0 Å². The van der Waals surface area contributed by atoms with E-state index in [2.05, 4.69) is 5.32 Å². The highest BCUT2D eigenvalue weighted by molar-refractivity contribution is 6.32. The first-order valence-electron chi connectivity index (χ1n) is 8.17. The Morgan fingerprint density at radius 2 is 1.88 bits per heavy atom. The Bertz CT molecular complexity index is 836. The number of ether oxygens (including phenoxy) is 2. The number of hydrogen-bond acceptors (Lipinski definition) is 4. The summed E-state index contributed by atoms with van der Waals surface area (Å²) in [5.41, 5.74) is 1.81. The van der Waals surface area contributed by atoms with Gasteiger partial charge in [-0.05, 0) is 42.8 Å². The van der Waals surface area contributed by atoms with Crippen molar-refractivity contribution in [1.82, 2.24) is 0 Å². The Hall–Kier alpha value is -2.73. The lowest BCUT2D eigenvalue weighted by Gasteiger charge is -2.16. The summed E-state index contributed by atoms with van der Waals surface area (Å²) in [6, 6.07) is 10.3. The largest absolute Gasteiger partial charge is 0.493 e. The summed E-state index contributed by atoms with van der Waals surface area (Å²) in [6.45, 7) is 0.731. The second kappa shape index (κ2) is 7.66. The van der Waals surface area contributed by atoms with Gasteiger partial charge in [0.2, 0.25) is 5.91 Å².